The lowest BCUT2D eigenvalue weighted by Gasteiger charge is -2.27. The number of carbonyl (C=O) groups is 1. The van der Waals surface area contributed by atoms with Gasteiger partial charge in [-0.2, -0.15) is 5.26 Å². The molecular formula is C28H33NO4. The zero-order valence-corrected chi connectivity index (χ0v) is 19.8. The van der Waals surface area contributed by atoms with Crippen molar-refractivity contribution in [3.63, 3.8) is 0 Å². The Labute approximate surface area is 197 Å². The average molecular weight is 448 g/mol. The molecule has 0 unspecified atom stereocenters. The molecule has 5 nitrogen and oxygen atoms in total. The van der Waals surface area contributed by atoms with Crippen molar-refractivity contribution in [3.05, 3.63) is 53.6 Å². The minimum absolute atomic E-state index is 0.0245. The van der Waals surface area contributed by atoms with E-state index in [0.29, 0.717) is 22.8 Å². The number of methoxy groups -OCH3 is 2. The summed E-state index contributed by atoms with van der Waals surface area (Å²) in [6.07, 6.45) is 9.58. The number of unbranched alkanes of at least 4 members (excludes halogenated alkanes) is 1. The van der Waals surface area contributed by atoms with E-state index in [-0.39, 0.29) is 11.9 Å². The first-order valence-electron chi connectivity index (χ1n) is 11.7. The fourth-order valence-electron chi connectivity index (χ4n) is 4.40. The third-order valence-electron chi connectivity index (χ3n) is 6.35. The van der Waals surface area contributed by atoms with Crippen LogP contribution < -0.4 is 14.2 Å². The van der Waals surface area contributed by atoms with Crippen molar-refractivity contribution in [2.45, 2.75) is 51.9 Å². The maximum atomic E-state index is 12.7. The molecule has 0 saturated heterocycles. The topological polar surface area (TPSA) is 68.6 Å². The molecule has 1 aliphatic carbocycles. The van der Waals surface area contributed by atoms with E-state index in [0.717, 1.165) is 42.7 Å². The summed E-state index contributed by atoms with van der Waals surface area (Å²) in [7, 11) is 3.14. The van der Waals surface area contributed by atoms with Gasteiger partial charge in [-0.1, -0.05) is 38.3 Å². The lowest BCUT2D eigenvalue weighted by Crippen LogP contribution is -2.25. The molecule has 0 bridgehead atoms. The predicted molar refractivity (Wildman–Crippen MR) is 130 cm³/mol. The van der Waals surface area contributed by atoms with E-state index in [4.69, 9.17) is 14.2 Å². The molecule has 1 aliphatic rings. The number of rotatable bonds is 9. The number of hydrogen-bond acceptors (Lipinski definition) is 5. The Balaban J connectivity index is 1.68. The maximum absolute atomic E-state index is 12.7. The van der Waals surface area contributed by atoms with Crippen LogP contribution in [0.4, 0.5) is 0 Å². The SMILES string of the molecule is CCCCC1CCC(C(=O)Oc2cccc(/C=C(/C#N)c3ccc(OC)c(OC)c3)c2)CC1. The van der Waals surface area contributed by atoms with Crippen molar-refractivity contribution in [1.82, 2.24) is 0 Å². The predicted octanol–water partition coefficient (Wildman–Crippen LogP) is 6.67. The van der Waals surface area contributed by atoms with E-state index in [1.165, 1.54) is 19.3 Å². The zero-order valence-electron chi connectivity index (χ0n) is 19.8. The van der Waals surface area contributed by atoms with Crippen molar-refractivity contribution < 1.29 is 19.0 Å². The van der Waals surface area contributed by atoms with Gasteiger partial charge >= 0.3 is 5.97 Å². The Hall–Kier alpha value is -3.26. The molecule has 0 N–H and O–H groups in total. The molecule has 0 radical (unpaired) electrons. The van der Waals surface area contributed by atoms with Crippen LogP contribution in [0.15, 0.2) is 42.5 Å². The van der Waals surface area contributed by atoms with Gasteiger partial charge in [0, 0.05) is 0 Å². The van der Waals surface area contributed by atoms with E-state index in [2.05, 4.69) is 13.0 Å². The van der Waals surface area contributed by atoms with E-state index in [1.54, 1.807) is 44.6 Å². The second kappa shape index (κ2) is 12.1. The molecule has 1 saturated carbocycles. The molecule has 1 fully saturated rings. The molecule has 0 aliphatic heterocycles. The number of allylic oxidation sites excluding steroid dienone is 1. The van der Waals surface area contributed by atoms with Crippen molar-refractivity contribution in [2.75, 3.05) is 14.2 Å². The van der Waals surface area contributed by atoms with Crippen molar-refractivity contribution in [1.29, 1.82) is 5.26 Å². The van der Waals surface area contributed by atoms with Gasteiger partial charge in [0.25, 0.3) is 0 Å². The number of esters is 1. The third-order valence-corrected chi connectivity index (χ3v) is 6.35. The summed E-state index contributed by atoms with van der Waals surface area (Å²) in [5.41, 5.74) is 1.98. The third kappa shape index (κ3) is 6.61. The lowest BCUT2D eigenvalue weighted by molar-refractivity contribution is -0.140. The van der Waals surface area contributed by atoms with Crippen molar-refractivity contribution in [2.24, 2.45) is 11.8 Å². The van der Waals surface area contributed by atoms with Gasteiger partial charge in [-0.3, -0.25) is 4.79 Å². The minimum Gasteiger partial charge on any atom is -0.493 e. The molecule has 0 heterocycles. The molecule has 33 heavy (non-hydrogen) atoms. The fourth-order valence-corrected chi connectivity index (χ4v) is 4.40. The van der Waals surface area contributed by atoms with Crippen molar-refractivity contribution in [3.8, 4) is 23.3 Å². The Morgan fingerprint density at radius 3 is 2.48 bits per heavy atom. The quantitative estimate of drug-likeness (QED) is 0.186. The summed E-state index contributed by atoms with van der Waals surface area (Å²) in [5, 5.41) is 9.72. The first-order valence-corrected chi connectivity index (χ1v) is 11.7. The molecule has 0 aromatic heterocycles. The van der Waals surface area contributed by atoms with Crippen LogP contribution >= 0.6 is 0 Å². The van der Waals surface area contributed by atoms with E-state index in [1.807, 2.05) is 18.2 Å². The monoisotopic (exact) mass is 447 g/mol. The Kier molecular flexibility index (Phi) is 8.95. The van der Waals surface area contributed by atoms with E-state index >= 15 is 0 Å². The van der Waals surface area contributed by atoms with Gasteiger partial charge in [-0.05, 0) is 79.1 Å². The summed E-state index contributed by atoms with van der Waals surface area (Å²) < 4.78 is 16.3. The fraction of sp³-hybridized carbons (Fsp3) is 0.429. The molecule has 5 heteroatoms. The van der Waals surface area contributed by atoms with E-state index in [9.17, 15) is 10.1 Å². The van der Waals surface area contributed by atoms with E-state index < -0.39 is 0 Å². The number of benzene rings is 2. The van der Waals surface area contributed by atoms with Gasteiger partial charge in [-0.15, -0.1) is 0 Å². The van der Waals surface area contributed by atoms with Gasteiger partial charge in [-0.25, -0.2) is 0 Å². The molecular weight excluding hydrogens is 414 g/mol. The van der Waals surface area contributed by atoms with Crippen LogP contribution in [0.2, 0.25) is 0 Å². The van der Waals surface area contributed by atoms with Crippen LogP contribution in [0.1, 0.15) is 63.0 Å². The Bertz CT molecular complexity index is 1010. The highest BCUT2D eigenvalue weighted by Crippen LogP contribution is 2.33. The second-order valence-corrected chi connectivity index (χ2v) is 8.59. The van der Waals surface area contributed by atoms with Crippen LogP contribution in [-0.4, -0.2) is 20.2 Å². The van der Waals surface area contributed by atoms with Gasteiger partial charge in [0.05, 0.1) is 31.8 Å². The van der Waals surface area contributed by atoms with Crippen LogP contribution in [0.5, 0.6) is 17.2 Å². The van der Waals surface area contributed by atoms with Crippen LogP contribution in [0.25, 0.3) is 11.6 Å². The second-order valence-electron chi connectivity index (χ2n) is 8.59. The summed E-state index contributed by atoms with van der Waals surface area (Å²) >= 11 is 0. The molecule has 174 valence electrons. The van der Waals surface area contributed by atoms with Crippen LogP contribution in [0, 0.1) is 23.2 Å². The van der Waals surface area contributed by atoms with Gasteiger partial charge in [0.2, 0.25) is 0 Å². The number of nitrogens with zero attached hydrogens (tertiary/aromatic N) is 1. The number of ether oxygens (including phenoxy) is 3. The summed E-state index contributed by atoms with van der Waals surface area (Å²) in [5.74, 6) is 2.25. The zero-order chi connectivity index (χ0) is 23.6. The van der Waals surface area contributed by atoms with Crippen molar-refractivity contribution >= 4 is 17.6 Å². The number of carbonyl (C=O) groups excluding carboxylic acids is 1. The highest BCUT2D eigenvalue weighted by molar-refractivity contribution is 5.90. The summed E-state index contributed by atoms with van der Waals surface area (Å²) in [4.78, 5) is 12.7. The number of nitriles is 1. The molecule has 0 amide bonds. The molecule has 2 aromatic carbocycles. The van der Waals surface area contributed by atoms with Crippen LogP contribution in [-0.2, 0) is 4.79 Å². The Morgan fingerprint density at radius 1 is 1.06 bits per heavy atom. The maximum Gasteiger partial charge on any atom is 0.314 e. The molecule has 3 rings (SSSR count). The number of hydrogen-bond donors (Lipinski definition) is 0. The van der Waals surface area contributed by atoms with Gasteiger partial charge in [0.15, 0.2) is 11.5 Å². The highest BCUT2D eigenvalue weighted by atomic mass is 16.5. The summed E-state index contributed by atoms with van der Waals surface area (Å²) in [6, 6.07) is 14.9. The minimum atomic E-state index is -0.148. The molecule has 2 aromatic rings. The first-order chi connectivity index (χ1) is 16.1. The standard InChI is InChI=1S/C28H33NO4/c1-4-5-7-20-10-12-22(13-11-20)28(30)33-25-9-6-8-21(17-25)16-24(19-29)23-14-15-26(31-2)27(18-23)32-3/h6,8-9,14-18,20,22H,4-5,7,10-13H2,1-3H3/b24-16-. The lowest BCUT2D eigenvalue weighted by atomic mass is 9.80. The normalized spacial score (nSPS) is 18.3. The molecule has 0 atom stereocenters. The van der Waals surface area contributed by atoms with Gasteiger partial charge < -0.3 is 14.2 Å². The average Bonchev–Trinajstić information content (AvgIpc) is 2.86. The highest BCUT2D eigenvalue weighted by Gasteiger charge is 2.27. The smallest absolute Gasteiger partial charge is 0.314 e. The largest absolute Gasteiger partial charge is 0.493 e. The van der Waals surface area contributed by atoms with Gasteiger partial charge in [0.1, 0.15) is 5.75 Å². The summed E-state index contributed by atoms with van der Waals surface area (Å²) in [6.45, 7) is 2.22. The Morgan fingerprint density at radius 2 is 1.82 bits per heavy atom. The molecule has 0 spiro atoms. The van der Waals surface area contributed by atoms with Crippen LogP contribution in [0.3, 0.4) is 0 Å². The first kappa shape index (κ1) is 24.4.